The molecule has 3 N–H and O–H groups in total. The molecule has 0 radical (unpaired) electrons. The zero-order valence-corrected chi connectivity index (χ0v) is 12.8. The van der Waals surface area contributed by atoms with Crippen molar-refractivity contribution in [2.45, 2.75) is 0 Å². The number of rotatable bonds is 3. The summed E-state index contributed by atoms with van der Waals surface area (Å²) in [7, 11) is 0. The first-order valence-corrected chi connectivity index (χ1v) is 7.19. The van der Waals surface area contributed by atoms with Gasteiger partial charge in [0.2, 0.25) is 0 Å². The van der Waals surface area contributed by atoms with Crippen LogP contribution in [0.4, 0.5) is 5.69 Å². The maximum atomic E-state index is 11.9. The predicted octanol–water partition coefficient (Wildman–Crippen LogP) is 3.45. The third kappa shape index (κ3) is 3.21. The van der Waals surface area contributed by atoms with Gasteiger partial charge in [0.25, 0.3) is 5.91 Å². The smallest absolute Gasteiger partial charge is 0.291 e. The molecule has 5 nitrogen and oxygen atoms in total. The fraction of sp³-hybridized carbons (Fsp3) is 0. The first-order valence-electron chi connectivity index (χ1n) is 5.17. The number of halogens is 3. The molecular formula is C11H7Cl3N4OS. The molecule has 2 aromatic rings. The Labute approximate surface area is 133 Å². The summed E-state index contributed by atoms with van der Waals surface area (Å²) in [6.07, 6.45) is 1.50. The summed E-state index contributed by atoms with van der Waals surface area (Å²) in [5, 5.41) is 5.52. The Morgan fingerprint density at radius 2 is 2.15 bits per heavy atom. The number of nitrogens with zero attached hydrogens (tertiary/aromatic N) is 2. The number of hydrogen-bond acceptors (Lipinski definition) is 5. The lowest BCUT2D eigenvalue weighted by Gasteiger charge is -2.07. The molecule has 1 amide bonds. The molecule has 0 aliphatic heterocycles. The number of amides is 1. The van der Waals surface area contributed by atoms with Gasteiger partial charge in [-0.05, 0) is 11.4 Å². The lowest BCUT2D eigenvalue weighted by Crippen LogP contribution is -2.20. The van der Waals surface area contributed by atoms with E-state index in [4.69, 9.17) is 40.5 Å². The van der Waals surface area contributed by atoms with Gasteiger partial charge < -0.3 is 5.73 Å². The summed E-state index contributed by atoms with van der Waals surface area (Å²) >= 11 is 18.9. The number of thiophene rings is 1. The molecule has 0 aliphatic carbocycles. The van der Waals surface area contributed by atoms with E-state index >= 15 is 0 Å². The van der Waals surface area contributed by atoms with Crippen molar-refractivity contribution in [3.8, 4) is 0 Å². The average molecular weight is 350 g/mol. The number of carbonyl (C=O) groups excluding carboxylic acids is 1. The van der Waals surface area contributed by atoms with Crippen LogP contribution in [0.2, 0.25) is 15.2 Å². The van der Waals surface area contributed by atoms with Gasteiger partial charge in [0.15, 0.2) is 10.8 Å². The Bertz CT molecular complexity index is 673. The third-order valence-corrected chi connectivity index (χ3v) is 4.13. The van der Waals surface area contributed by atoms with Crippen LogP contribution in [0, 0.1) is 0 Å². The van der Waals surface area contributed by atoms with Gasteiger partial charge >= 0.3 is 0 Å². The van der Waals surface area contributed by atoms with Gasteiger partial charge in [-0.3, -0.25) is 4.79 Å². The molecule has 20 heavy (non-hydrogen) atoms. The van der Waals surface area contributed by atoms with Crippen LogP contribution in [0.25, 0.3) is 0 Å². The number of nitrogens with one attached hydrogen (secondary N) is 1. The molecule has 0 aliphatic rings. The minimum atomic E-state index is -0.631. The zero-order chi connectivity index (χ0) is 14.7. The van der Waals surface area contributed by atoms with Crippen LogP contribution in [0.15, 0.2) is 22.6 Å². The molecule has 0 atom stereocenters. The number of nitrogen functional groups attached to an aromatic ring is 1. The largest absolute Gasteiger partial charge is 0.396 e. The number of aromatic nitrogens is 1. The fourth-order valence-corrected chi connectivity index (χ4v) is 2.43. The van der Waals surface area contributed by atoms with Crippen molar-refractivity contribution in [2.24, 2.45) is 5.10 Å². The normalized spacial score (nSPS) is 10.9. The van der Waals surface area contributed by atoms with Gasteiger partial charge in [0.1, 0.15) is 5.02 Å². The monoisotopic (exact) mass is 348 g/mol. The van der Waals surface area contributed by atoms with E-state index in [0.29, 0.717) is 0 Å². The second kappa shape index (κ2) is 6.41. The van der Waals surface area contributed by atoms with Crippen LogP contribution in [0.5, 0.6) is 0 Å². The van der Waals surface area contributed by atoms with Gasteiger partial charge in [-0.25, -0.2) is 10.4 Å². The van der Waals surface area contributed by atoms with Crippen molar-refractivity contribution in [1.29, 1.82) is 0 Å². The van der Waals surface area contributed by atoms with Crippen molar-refractivity contribution in [3.05, 3.63) is 43.3 Å². The highest BCUT2D eigenvalue weighted by molar-refractivity contribution is 7.11. The van der Waals surface area contributed by atoms with Gasteiger partial charge in [-0.15, -0.1) is 11.3 Å². The Morgan fingerprint density at radius 1 is 1.40 bits per heavy atom. The second-order valence-electron chi connectivity index (χ2n) is 3.51. The molecule has 2 heterocycles. The number of hydrazone groups is 1. The van der Waals surface area contributed by atoms with E-state index in [0.717, 1.165) is 4.88 Å². The zero-order valence-electron chi connectivity index (χ0n) is 9.73. The van der Waals surface area contributed by atoms with E-state index in [-0.39, 0.29) is 26.6 Å². The van der Waals surface area contributed by atoms with Crippen molar-refractivity contribution in [3.63, 3.8) is 0 Å². The Morgan fingerprint density at radius 3 is 2.80 bits per heavy atom. The minimum absolute atomic E-state index is 0.000666. The third-order valence-electron chi connectivity index (χ3n) is 2.19. The molecule has 0 unspecified atom stereocenters. The lowest BCUT2D eigenvalue weighted by atomic mass is 10.3. The minimum Gasteiger partial charge on any atom is -0.396 e. The van der Waals surface area contributed by atoms with Crippen molar-refractivity contribution >= 4 is 63.9 Å². The van der Waals surface area contributed by atoms with Crippen LogP contribution in [-0.4, -0.2) is 17.1 Å². The Kier molecular flexibility index (Phi) is 4.82. The van der Waals surface area contributed by atoms with Crippen LogP contribution >= 0.6 is 46.1 Å². The summed E-state index contributed by atoms with van der Waals surface area (Å²) in [5.74, 6) is -0.631. The number of pyridine rings is 1. The van der Waals surface area contributed by atoms with E-state index < -0.39 is 5.91 Å². The van der Waals surface area contributed by atoms with E-state index in [2.05, 4.69) is 15.5 Å². The Balaban J connectivity index is 2.18. The van der Waals surface area contributed by atoms with Crippen LogP contribution in [0.1, 0.15) is 15.4 Å². The number of hydrogen-bond donors (Lipinski definition) is 2. The van der Waals surface area contributed by atoms with Gasteiger partial charge in [-0.1, -0.05) is 40.9 Å². The van der Waals surface area contributed by atoms with Crippen molar-refractivity contribution in [2.75, 3.05) is 5.73 Å². The van der Waals surface area contributed by atoms with Gasteiger partial charge in [0.05, 0.1) is 16.9 Å². The fourth-order valence-electron chi connectivity index (χ4n) is 1.25. The molecular weight excluding hydrogens is 343 g/mol. The maximum absolute atomic E-state index is 11.9. The molecule has 2 aromatic heterocycles. The summed E-state index contributed by atoms with van der Waals surface area (Å²) < 4.78 is 0. The number of carbonyl (C=O) groups is 1. The summed E-state index contributed by atoms with van der Waals surface area (Å²) in [5.41, 5.74) is 7.77. The first-order chi connectivity index (χ1) is 9.50. The summed E-state index contributed by atoms with van der Waals surface area (Å²) in [6.45, 7) is 0. The molecule has 0 saturated heterocycles. The number of nitrogens with two attached hydrogens (primary N) is 1. The number of anilines is 1. The SMILES string of the molecule is Nc1c(Cl)c(Cl)nc(C(=O)N/N=C/c2cccs2)c1Cl. The van der Waals surface area contributed by atoms with Gasteiger partial charge in [0, 0.05) is 4.88 Å². The van der Waals surface area contributed by atoms with Crippen molar-refractivity contribution in [1.82, 2.24) is 10.4 Å². The average Bonchev–Trinajstić information content (AvgIpc) is 2.93. The van der Waals surface area contributed by atoms with E-state index in [1.165, 1.54) is 17.6 Å². The lowest BCUT2D eigenvalue weighted by molar-refractivity contribution is 0.0950. The second-order valence-corrected chi connectivity index (χ2v) is 5.60. The quantitative estimate of drug-likeness (QED) is 0.506. The molecule has 0 fully saturated rings. The topological polar surface area (TPSA) is 80.4 Å². The first kappa shape index (κ1) is 15.1. The summed E-state index contributed by atoms with van der Waals surface area (Å²) in [6, 6.07) is 3.72. The summed E-state index contributed by atoms with van der Waals surface area (Å²) in [4.78, 5) is 16.6. The van der Waals surface area contributed by atoms with Gasteiger partial charge in [-0.2, -0.15) is 5.10 Å². The molecule has 104 valence electrons. The molecule has 2 rings (SSSR count). The van der Waals surface area contributed by atoms with Crippen LogP contribution in [0.3, 0.4) is 0 Å². The van der Waals surface area contributed by atoms with E-state index in [1.807, 2.05) is 17.5 Å². The predicted molar refractivity (Wildman–Crippen MR) is 83.1 cm³/mol. The highest BCUT2D eigenvalue weighted by Gasteiger charge is 2.19. The highest BCUT2D eigenvalue weighted by atomic mass is 35.5. The van der Waals surface area contributed by atoms with Crippen molar-refractivity contribution < 1.29 is 4.79 Å². The van der Waals surface area contributed by atoms with Crippen LogP contribution < -0.4 is 11.2 Å². The van der Waals surface area contributed by atoms with E-state index in [9.17, 15) is 4.79 Å². The molecule has 0 spiro atoms. The maximum Gasteiger partial charge on any atom is 0.291 e. The van der Waals surface area contributed by atoms with Crippen LogP contribution in [-0.2, 0) is 0 Å². The standard InChI is InChI=1S/C11H7Cl3N4OS/c12-6-8(15)7(13)10(14)17-9(6)11(19)18-16-4-5-2-1-3-20-5/h1-4H,(H2,15,17)(H,18,19)/b16-4+. The molecule has 0 aromatic carbocycles. The Hall–Kier alpha value is -1.34. The molecule has 0 bridgehead atoms. The molecule has 0 saturated carbocycles. The van der Waals surface area contributed by atoms with E-state index in [1.54, 1.807) is 0 Å². The molecule has 9 heteroatoms. The highest BCUT2D eigenvalue weighted by Crippen LogP contribution is 2.34.